The molecule has 0 saturated heterocycles. The summed E-state index contributed by atoms with van der Waals surface area (Å²) in [7, 11) is 0. The molecule has 4 heteroatoms. The lowest BCUT2D eigenvalue weighted by Gasteiger charge is -1.94. The van der Waals surface area contributed by atoms with Crippen LogP contribution < -0.4 is 0 Å². The van der Waals surface area contributed by atoms with Gasteiger partial charge in [-0.25, -0.2) is 4.39 Å². The quantitative estimate of drug-likeness (QED) is 0.736. The first-order valence-electron chi connectivity index (χ1n) is 3.48. The monoisotopic (exact) mass is 276 g/mol. The second kappa shape index (κ2) is 2.69. The van der Waals surface area contributed by atoms with Gasteiger partial charge in [0.2, 0.25) is 0 Å². The zero-order valence-corrected chi connectivity index (χ0v) is 8.52. The molecule has 0 unspecified atom stereocenters. The van der Waals surface area contributed by atoms with Crippen LogP contribution in [-0.4, -0.2) is 10.2 Å². The maximum absolute atomic E-state index is 13.1. The highest BCUT2D eigenvalue weighted by molar-refractivity contribution is 14.1. The van der Waals surface area contributed by atoms with E-state index in [9.17, 15) is 4.39 Å². The summed E-state index contributed by atoms with van der Waals surface area (Å²) in [6.07, 6.45) is 0. The normalized spacial score (nSPS) is 10.9. The number of halogens is 2. The van der Waals surface area contributed by atoms with Crippen LogP contribution in [0.3, 0.4) is 0 Å². The van der Waals surface area contributed by atoms with Crippen molar-refractivity contribution < 1.29 is 4.39 Å². The van der Waals surface area contributed by atoms with Crippen LogP contribution >= 0.6 is 22.6 Å². The van der Waals surface area contributed by atoms with Crippen molar-refractivity contribution in [3.63, 3.8) is 0 Å². The summed E-state index contributed by atoms with van der Waals surface area (Å²) in [5.74, 6) is -0.179. The fourth-order valence-electron chi connectivity index (χ4n) is 1.10. The summed E-state index contributed by atoms with van der Waals surface area (Å²) >= 11 is 2.10. The van der Waals surface area contributed by atoms with Crippen molar-refractivity contribution in [2.24, 2.45) is 0 Å². The van der Waals surface area contributed by atoms with Gasteiger partial charge in [0.25, 0.3) is 0 Å². The van der Waals surface area contributed by atoms with E-state index in [1.54, 1.807) is 13.0 Å². The predicted molar refractivity (Wildman–Crippen MR) is 53.5 cm³/mol. The number of nitrogens with zero attached hydrogens (tertiary/aromatic N) is 1. The van der Waals surface area contributed by atoms with E-state index in [1.807, 2.05) is 0 Å². The second-order valence-corrected chi connectivity index (χ2v) is 3.73. The highest BCUT2D eigenvalue weighted by Gasteiger charge is 2.05. The molecular formula is C8H6FIN2. The summed E-state index contributed by atoms with van der Waals surface area (Å²) in [6, 6.07) is 3.25. The molecule has 0 atom stereocenters. The van der Waals surface area contributed by atoms with Crippen molar-refractivity contribution >= 4 is 33.5 Å². The first-order chi connectivity index (χ1) is 5.68. The van der Waals surface area contributed by atoms with Gasteiger partial charge in [-0.3, -0.25) is 5.10 Å². The van der Waals surface area contributed by atoms with E-state index in [4.69, 9.17) is 0 Å². The molecule has 1 heterocycles. The van der Waals surface area contributed by atoms with Gasteiger partial charge < -0.3 is 0 Å². The average molecular weight is 276 g/mol. The van der Waals surface area contributed by atoms with Gasteiger partial charge in [-0.1, -0.05) is 0 Å². The number of hydrogen-bond donors (Lipinski definition) is 1. The lowest BCUT2D eigenvalue weighted by atomic mass is 10.2. The van der Waals surface area contributed by atoms with Crippen molar-refractivity contribution in [3.05, 3.63) is 27.2 Å². The van der Waals surface area contributed by atoms with Crippen LogP contribution in [-0.2, 0) is 0 Å². The van der Waals surface area contributed by atoms with E-state index < -0.39 is 0 Å². The summed E-state index contributed by atoms with van der Waals surface area (Å²) in [5.41, 5.74) is 1.45. The van der Waals surface area contributed by atoms with Gasteiger partial charge in [0, 0.05) is 5.39 Å². The summed E-state index contributed by atoms with van der Waals surface area (Å²) in [6.45, 7) is 1.73. The summed E-state index contributed by atoms with van der Waals surface area (Å²) in [4.78, 5) is 0. The molecule has 1 N–H and O–H groups in total. The fourth-order valence-corrected chi connectivity index (χ4v) is 1.66. The number of rotatable bonds is 0. The van der Waals surface area contributed by atoms with E-state index in [1.165, 1.54) is 6.07 Å². The molecule has 2 nitrogen and oxygen atoms in total. The van der Waals surface area contributed by atoms with E-state index in [0.29, 0.717) is 5.56 Å². The predicted octanol–water partition coefficient (Wildman–Crippen LogP) is 2.62. The van der Waals surface area contributed by atoms with Crippen LogP contribution in [0.2, 0.25) is 0 Å². The van der Waals surface area contributed by atoms with Gasteiger partial charge in [-0.2, -0.15) is 5.10 Å². The fraction of sp³-hybridized carbons (Fsp3) is 0.125. The van der Waals surface area contributed by atoms with Crippen LogP contribution in [0.15, 0.2) is 12.1 Å². The van der Waals surface area contributed by atoms with Crippen molar-refractivity contribution in [2.45, 2.75) is 6.92 Å². The van der Waals surface area contributed by atoms with Crippen LogP contribution in [0.5, 0.6) is 0 Å². The number of aromatic nitrogens is 2. The van der Waals surface area contributed by atoms with Crippen LogP contribution in [0.4, 0.5) is 4.39 Å². The van der Waals surface area contributed by atoms with Gasteiger partial charge in [0.15, 0.2) is 0 Å². The molecule has 0 saturated carbocycles. The Labute approximate surface area is 82.3 Å². The van der Waals surface area contributed by atoms with Crippen molar-refractivity contribution in [3.8, 4) is 0 Å². The Balaban J connectivity index is 2.87. The minimum Gasteiger partial charge on any atom is -0.271 e. The molecule has 1 aromatic heterocycles. The zero-order valence-electron chi connectivity index (χ0n) is 6.36. The highest BCUT2D eigenvalue weighted by atomic mass is 127. The SMILES string of the molecule is Cc1cc2n[nH]c(I)c2cc1F. The van der Waals surface area contributed by atoms with Gasteiger partial charge in [0.05, 0.1) is 5.52 Å². The van der Waals surface area contributed by atoms with Crippen molar-refractivity contribution in [2.75, 3.05) is 0 Å². The third-order valence-corrected chi connectivity index (χ3v) is 2.61. The number of hydrogen-bond acceptors (Lipinski definition) is 1. The maximum atomic E-state index is 13.1. The minimum absolute atomic E-state index is 0.179. The first-order valence-corrected chi connectivity index (χ1v) is 4.56. The number of aryl methyl sites for hydroxylation is 1. The first kappa shape index (κ1) is 7.97. The number of nitrogens with one attached hydrogen (secondary N) is 1. The van der Waals surface area contributed by atoms with E-state index in [0.717, 1.165) is 14.6 Å². The van der Waals surface area contributed by atoms with Crippen LogP contribution in [0.1, 0.15) is 5.56 Å². The van der Waals surface area contributed by atoms with Gasteiger partial charge in [-0.05, 0) is 47.2 Å². The van der Waals surface area contributed by atoms with Crippen LogP contribution in [0.25, 0.3) is 10.9 Å². The smallest absolute Gasteiger partial charge is 0.126 e. The molecule has 0 bridgehead atoms. The second-order valence-electron chi connectivity index (χ2n) is 2.66. The molecule has 1 aromatic carbocycles. The van der Waals surface area contributed by atoms with Gasteiger partial charge in [-0.15, -0.1) is 0 Å². The Morgan fingerprint density at radius 2 is 2.25 bits per heavy atom. The molecule has 2 rings (SSSR count). The Morgan fingerprint density at radius 1 is 1.50 bits per heavy atom. The molecule has 0 aliphatic heterocycles. The molecule has 0 amide bonds. The molecule has 0 fully saturated rings. The standard InChI is InChI=1S/C8H6FIN2/c1-4-2-7-5(3-6(4)9)8(10)12-11-7/h2-3H,1H3,(H,11,12). The average Bonchev–Trinajstić information content (AvgIpc) is 2.35. The van der Waals surface area contributed by atoms with Gasteiger partial charge >= 0.3 is 0 Å². The molecule has 0 aliphatic carbocycles. The van der Waals surface area contributed by atoms with Crippen LogP contribution in [0, 0.1) is 16.4 Å². The molecular weight excluding hydrogens is 270 g/mol. The summed E-state index contributed by atoms with van der Waals surface area (Å²) in [5, 5.41) is 7.67. The molecule has 0 aliphatic rings. The Morgan fingerprint density at radius 3 is 3.00 bits per heavy atom. The largest absolute Gasteiger partial charge is 0.271 e. The number of H-pyrrole nitrogens is 1. The number of fused-ring (bicyclic) bond motifs is 1. The van der Waals surface area contributed by atoms with E-state index >= 15 is 0 Å². The Bertz CT molecular complexity index is 436. The Hall–Kier alpha value is -0.650. The maximum Gasteiger partial charge on any atom is 0.126 e. The van der Waals surface area contributed by atoms with Crippen molar-refractivity contribution in [1.29, 1.82) is 0 Å². The lowest BCUT2D eigenvalue weighted by Crippen LogP contribution is -1.81. The minimum atomic E-state index is -0.179. The van der Waals surface area contributed by atoms with Crippen molar-refractivity contribution in [1.82, 2.24) is 10.2 Å². The highest BCUT2D eigenvalue weighted by Crippen LogP contribution is 2.20. The lowest BCUT2D eigenvalue weighted by molar-refractivity contribution is 0.620. The zero-order chi connectivity index (χ0) is 8.72. The Kier molecular flexibility index (Phi) is 1.79. The third kappa shape index (κ3) is 1.10. The summed E-state index contributed by atoms with van der Waals surface area (Å²) < 4.78 is 13.9. The number of benzene rings is 1. The topological polar surface area (TPSA) is 28.7 Å². The third-order valence-electron chi connectivity index (χ3n) is 1.79. The molecule has 12 heavy (non-hydrogen) atoms. The molecule has 0 radical (unpaired) electrons. The number of aromatic amines is 1. The van der Waals surface area contributed by atoms with Gasteiger partial charge in [0.1, 0.15) is 9.52 Å². The van der Waals surface area contributed by atoms with E-state index in [2.05, 4.69) is 32.8 Å². The molecule has 0 spiro atoms. The van der Waals surface area contributed by atoms with E-state index in [-0.39, 0.29) is 5.82 Å². The molecule has 62 valence electrons. The molecule has 2 aromatic rings.